The van der Waals surface area contributed by atoms with Crippen molar-refractivity contribution in [3.63, 3.8) is 0 Å². The summed E-state index contributed by atoms with van der Waals surface area (Å²) in [5.74, 6) is -0.389. The third-order valence-electron chi connectivity index (χ3n) is 5.30. The van der Waals surface area contributed by atoms with Crippen molar-refractivity contribution in [3.05, 3.63) is 45.5 Å². The van der Waals surface area contributed by atoms with Crippen LogP contribution in [0.15, 0.2) is 23.0 Å². The van der Waals surface area contributed by atoms with Crippen LogP contribution < -0.4 is 10.7 Å². The van der Waals surface area contributed by atoms with Gasteiger partial charge in [-0.15, -0.1) is 0 Å². The summed E-state index contributed by atoms with van der Waals surface area (Å²) < 4.78 is 13.5. The van der Waals surface area contributed by atoms with E-state index in [4.69, 9.17) is 0 Å². The number of pyridine rings is 1. The van der Waals surface area contributed by atoms with Gasteiger partial charge in [0.2, 0.25) is 5.91 Å². The van der Waals surface area contributed by atoms with Crippen LogP contribution in [-0.2, 0) is 17.8 Å². The largest absolute Gasteiger partial charge is 0.358 e. The first-order valence-corrected chi connectivity index (χ1v) is 8.95. The van der Waals surface area contributed by atoms with Crippen LogP contribution in [0, 0.1) is 5.82 Å². The summed E-state index contributed by atoms with van der Waals surface area (Å²) in [6, 6.07) is 4.54. The number of halogens is 1. The molecule has 1 aromatic heterocycles. The molecule has 0 bridgehead atoms. The van der Waals surface area contributed by atoms with Gasteiger partial charge in [0.25, 0.3) is 0 Å². The van der Waals surface area contributed by atoms with Crippen LogP contribution >= 0.6 is 0 Å². The molecular weight excluding hydrogens is 321 g/mol. The van der Waals surface area contributed by atoms with Gasteiger partial charge in [0.15, 0.2) is 5.43 Å². The van der Waals surface area contributed by atoms with Gasteiger partial charge in [0.05, 0.1) is 6.54 Å². The van der Waals surface area contributed by atoms with Crippen LogP contribution in [0.25, 0.3) is 10.9 Å². The zero-order valence-electron chi connectivity index (χ0n) is 14.1. The van der Waals surface area contributed by atoms with Crippen LogP contribution in [0.4, 0.5) is 4.39 Å². The molecule has 0 atom stereocenters. The van der Waals surface area contributed by atoms with Gasteiger partial charge >= 0.3 is 0 Å². The van der Waals surface area contributed by atoms with Crippen molar-refractivity contribution >= 4 is 16.8 Å². The monoisotopic (exact) mass is 343 g/mol. The van der Waals surface area contributed by atoms with Gasteiger partial charge in [0.1, 0.15) is 5.82 Å². The first-order chi connectivity index (χ1) is 12.1. The van der Waals surface area contributed by atoms with Crippen LogP contribution in [0.1, 0.15) is 36.9 Å². The van der Waals surface area contributed by atoms with E-state index in [-0.39, 0.29) is 11.3 Å². The van der Waals surface area contributed by atoms with Crippen molar-refractivity contribution in [1.29, 1.82) is 0 Å². The highest BCUT2D eigenvalue weighted by molar-refractivity contribution is 5.80. The van der Waals surface area contributed by atoms with E-state index in [1.165, 1.54) is 25.0 Å². The number of amides is 1. The quantitative estimate of drug-likeness (QED) is 0.897. The van der Waals surface area contributed by atoms with E-state index >= 15 is 0 Å². The second-order valence-electron chi connectivity index (χ2n) is 7.11. The van der Waals surface area contributed by atoms with E-state index in [0.29, 0.717) is 42.0 Å². The van der Waals surface area contributed by atoms with Crippen molar-refractivity contribution in [1.82, 2.24) is 15.2 Å². The molecule has 2 aliphatic rings. The number of benzene rings is 1. The predicted molar refractivity (Wildman–Crippen MR) is 93.9 cm³/mol. The van der Waals surface area contributed by atoms with E-state index in [9.17, 15) is 14.0 Å². The number of nitrogens with one attached hydrogen (secondary N) is 2. The summed E-state index contributed by atoms with van der Waals surface area (Å²) in [6.07, 6.45) is 5.17. The highest BCUT2D eigenvalue weighted by atomic mass is 19.1. The molecule has 4 rings (SSSR count). The summed E-state index contributed by atoms with van der Waals surface area (Å²) >= 11 is 0. The van der Waals surface area contributed by atoms with Crippen LogP contribution in [0.3, 0.4) is 0 Å². The van der Waals surface area contributed by atoms with Crippen LogP contribution in [0.5, 0.6) is 0 Å². The molecule has 1 amide bonds. The Morgan fingerprint density at radius 3 is 2.92 bits per heavy atom. The van der Waals surface area contributed by atoms with Gasteiger partial charge in [-0.3, -0.25) is 14.5 Å². The standard InChI is InChI=1S/C19H22FN3O2/c20-12-5-6-16-14(9-12)19(25)15-10-23(8-7-17(15)22-16)11-18(24)21-13-3-1-2-4-13/h5-6,9,13H,1-4,7-8,10-11H2,(H,21,24)(H,22,25). The average molecular weight is 343 g/mol. The zero-order valence-corrected chi connectivity index (χ0v) is 14.1. The Hall–Kier alpha value is -2.21. The number of H-pyrrole nitrogens is 1. The van der Waals surface area contributed by atoms with Crippen molar-refractivity contribution < 1.29 is 9.18 Å². The number of carbonyl (C=O) groups excluding carboxylic acids is 1. The molecule has 1 fully saturated rings. The second-order valence-corrected chi connectivity index (χ2v) is 7.11. The number of rotatable bonds is 3. The molecule has 2 heterocycles. The number of aromatic nitrogens is 1. The van der Waals surface area contributed by atoms with E-state index < -0.39 is 5.82 Å². The molecule has 0 saturated heterocycles. The molecule has 1 aliphatic carbocycles. The second kappa shape index (κ2) is 6.59. The molecule has 0 spiro atoms. The summed E-state index contributed by atoms with van der Waals surface area (Å²) in [4.78, 5) is 30.2. The van der Waals surface area contributed by atoms with Gasteiger partial charge in [-0.05, 0) is 31.0 Å². The number of carbonyl (C=O) groups is 1. The first-order valence-electron chi connectivity index (χ1n) is 8.95. The Morgan fingerprint density at radius 2 is 2.12 bits per heavy atom. The number of hydrogen-bond acceptors (Lipinski definition) is 3. The fraction of sp³-hybridized carbons (Fsp3) is 0.474. The zero-order chi connectivity index (χ0) is 17.4. The lowest BCUT2D eigenvalue weighted by molar-refractivity contribution is -0.123. The van der Waals surface area contributed by atoms with E-state index in [0.717, 1.165) is 25.1 Å². The number of hydrogen-bond donors (Lipinski definition) is 2. The topological polar surface area (TPSA) is 65.2 Å². The van der Waals surface area contributed by atoms with Gasteiger partial charge in [-0.25, -0.2) is 4.39 Å². The summed E-state index contributed by atoms with van der Waals surface area (Å²) in [5, 5.41) is 3.46. The number of aromatic amines is 1. The van der Waals surface area contributed by atoms with Crippen molar-refractivity contribution in [3.8, 4) is 0 Å². The highest BCUT2D eigenvalue weighted by Crippen LogP contribution is 2.20. The SMILES string of the molecule is O=C(CN1CCc2[nH]c3ccc(F)cc3c(=O)c2C1)NC1CCCC1. The Kier molecular flexibility index (Phi) is 4.29. The van der Waals surface area contributed by atoms with E-state index in [1.807, 2.05) is 4.90 Å². The lowest BCUT2D eigenvalue weighted by Gasteiger charge is -2.28. The Balaban J connectivity index is 1.52. The molecule has 2 N–H and O–H groups in total. The molecular formula is C19H22FN3O2. The average Bonchev–Trinajstić information content (AvgIpc) is 3.09. The van der Waals surface area contributed by atoms with Crippen molar-refractivity contribution in [2.75, 3.05) is 13.1 Å². The summed E-state index contributed by atoms with van der Waals surface area (Å²) in [6.45, 7) is 1.46. The fourth-order valence-corrected chi connectivity index (χ4v) is 3.99. The molecule has 1 aromatic carbocycles. The molecule has 132 valence electrons. The molecule has 1 saturated carbocycles. The van der Waals surface area contributed by atoms with Crippen LogP contribution in [0.2, 0.25) is 0 Å². The minimum absolute atomic E-state index is 0.0265. The van der Waals surface area contributed by atoms with Gasteiger partial charge < -0.3 is 10.3 Å². The minimum Gasteiger partial charge on any atom is -0.358 e. The third-order valence-corrected chi connectivity index (χ3v) is 5.30. The molecule has 0 radical (unpaired) electrons. The smallest absolute Gasteiger partial charge is 0.234 e. The van der Waals surface area contributed by atoms with E-state index in [1.54, 1.807) is 6.07 Å². The summed E-state index contributed by atoms with van der Waals surface area (Å²) in [5.41, 5.74) is 2.08. The molecule has 2 aromatic rings. The van der Waals surface area contributed by atoms with Crippen molar-refractivity contribution in [2.24, 2.45) is 0 Å². The molecule has 6 heteroatoms. The van der Waals surface area contributed by atoms with Gasteiger partial charge in [-0.1, -0.05) is 12.8 Å². The Morgan fingerprint density at radius 1 is 1.32 bits per heavy atom. The van der Waals surface area contributed by atoms with E-state index in [2.05, 4.69) is 10.3 Å². The molecule has 5 nitrogen and oxygen atoms in total. The van der Waals surface area contributed by atoms with Crippen LogP contribution in [-0.4, -0.2) is 34.9 Å². The lowest BCUT2D eigenvalue weighted by atomic mass is 10.0. The van der Waals surface area contributed by atoms with Gasteiger partial charge in [0, 0.05) is 47.7 Å². The normalized spacial score (nSPS) is 18.4. The maximum atomic E-state index is 13.5. The molecule has 0 unspecified atom stereocenters. The first kappa shape index (κ1) is 16.3. The van der Waals surface area contributed by atoms with Gasteiger partial charge in [-0.2, -0.15) is 0 Å². The Labute approximate surface area is 145 Å². The lowest BCUT2D eigenvalue weighted by Crippen LogP contribution is -2.44. The number of nitrogens with zero attached hydrogens (tertiary/aromatic N) is 1. The fourth-order valence-electron chi connectivity index (χ4n) is 3.99. The maximum Gasteiger partial charge on any atom is 0.234 e. The summed E-state index contributed by atoms with van der Waals surface area (Å²) in [7, 11) is 0. The minimum atomic E-state index is -0.415. The maximum absolute atomic E-state index is 13.5. The highest BCUT2D eigenvalue weighted by Gasteiger charge is 2.24. The van der Waals surface area contributed by atoms with Crippen molar-refractivity contribution in [2.45, 2.75) is 44.7 Å². The predicted octanol–water partition coefficient (Wildman–Crippen LogP) is 2.08. The molecule has 25 heavy (non-hydrogen) atoms. The Bertz CT molecular complexity index is 871. The molecule has 1 aliphatic heterocycles. The number of fused-ring (bicyclic) bond motifs is 2. The third kappa shape index (κ3) is 3.31.